The van der Waals surface area contributed by atoms with E-state index in [2.05, 4.69) is 10.1 Å². The van der Waals surface area contributed by atoms with Crippen molar-refractivity contribution in [3.63, 3.8) is 0 Å². The Labute approximate surface area is 126 Å². The zero-order valence-corrected chi connectivity index (χ0v) is 12.5. The summed E-state index contributed by atoms with van der Waals surface area (Å²) in [5.41, 5.74) is 0.0854. The van der Waals surface area contributed by atoms with Crippen molar-refractivity contribution in [2.45, 2.75) is 25.3 Å². The Balaban J connectivity index is 1.90. The molecule has 0 bridgehead atoms. The highest BCUT2D eigenvalue weighted by molar-refractivity contribution is 7.09. The van der Waals surface area contributed by atoms with Gasteiger partial charge in [-0.15, -0.1) is 11.3 Å². The lowest BCUT2D eigenvalue weighted by Crippen LogP contribution is -2.39. The second-order valence-corrected chi connectivity index (χ2v) is 5.99. The Morgan fingerprint density at radius 3 is 2.95 bits per heavy atom. The van der Waals surface area contributed by atoms with Gasteiger partial charge in [0, 0.05) is 31.2 Å². The summed E-state index contributed by atoms with van der Waals surface area (Å²) in [6.07, 6.45) is 4.76. The number of rotatable bonds is 2. The zero-order valence-electron chi connectivity index (χ0n) is 11.7. The van der Waals surface area contributed by atoms with Gasteiger partial charge in [0.05, 0.1) is 6.04 Å². The first-order valence-corrected chi connectivity index (χ1v) is 7.79. The first-order valence-electron chi connectivity index (χ1n) is 6.91. The topological polar surface area (TPSA) is 68.1 Å². The third kappa shape index (κ3) is 2.73. The standard InChI is InChI=1S/C14H16N4O2S/c1-17-12(19)6-5-10(16-17)14(20)18-8-3-2-4-11(18)13-15-7-9-21-13/h5-7,9,11H,2-4,8H2,1H3/t11-/m1/s1. The molecule has 3 heterocycles. The molecule has 1 amide bonds. The maximum atomic E-state index is 12.7. The second-order valence-electron chi connectivity index (χ2n) is 5.06. The third-order valence-electron chi connectivity index (χ3n) is 3.68. The van der Waals surface area contributed by atoms with Crippen LogP contribution >= 0.6 is 11.3 Å². The molecule has 0 aliphatic carbocycles. The van der Waals surface area contributed by atoms with E-state index >= 15 is 0 Å². The fourth-order valence-corrected chi connectivity index (χ4v) is 3.38. The number of likely N-dealkylation sites (tertiary alicyclic amines) is 1. The Bertz CT molecular complexity index is 695. The van der Waals surface area contributed by atoms with E-state index in [1.807, 2.05) is 10.3 Å². The van der Waals surface area contributed by atoms with Crippen LogP contribution in [0.25, 0.3) is 0 Å². The Morgan fingerprint density at radius 2 is 2.24 bits per heavy atom. The monoisotopic (exact) mass is 304 g/mol. The molecule has 0 aromatic carbocycles. The van der Waals surface area contributed by atoms with Crippen LogP contribution in [0.2, 0.25) is 0 Å². The summed E-state index contributed by atoms with van der Waals surface area (Å²) in [4.78, 5) is 30.3. The van der Waals surface area contributed by atoms with E-state index in [0.717, 1.165) is 24.3 Å². The van der Waals surface area contributed by atoms with Crippen LogP contribution in [0.4, 0.5) is 0 Å². The number of carbonyl (C=O) groups excluding carboxylic acids is 1. The molecular formula is C14H16N4O2S. The Hall–Kier alpha value is -2.02. The smallest absolute Gasteiger partial charge is 0.274 e. The number of piperidine rings is 1. The van der Waals surface area contributed by atoms with Crippen molar-refractivity contribution in [1.82, 2.24) is 19.7 Å². The lowest BCUT2D eigenvalue weighted by atomic mass is 10.0. The van der Waals surface area contributed by atoms with Crippen LogP contribution in [0.1, 0.15) is 40.8 Å². The van der Waals surface area contributed by atoms with Gasteiger partial charge < -0.3 is 4.90 Å². The number of hydrogen-bond donors (Lipinski definition) is 0. The van der Waals surface area contributed by atoms with E-state index in [9.17, 15) is 9.59 Å². The van der Waals surface area contributed by atoms with Crippen LogP contribution in [0.15, 0.2) is 28.5 Å². The van der Waals surface area contributed by atoms with Crippen molar-refractivity contribution in [3.05, 3.63) is 44.8 Å². The molecule has 1 saturated heterocycles. The van der Waals surface area contributed by atoms with Crippen LogP contribution in [-0.4, -0.2) is 32.1 Å². The van der Waals surface area contributed by atoms with E-state index in [1.54, 1.807) is 24.6 Å². The highest BCUT2D eigenvalue weighted by Gasteiger charge is 2.31. The molecule has 21 heavy (non-hydrogen) atoms. The fraction of sp³-hybridized carbons (Fsp3) is 0.429. The number of aryl methyl sites for hydroxylation is 1. The van der Waals surface area contributed by atoms with E-state index in [4.69, 9.17) is 0 Å². The predicted molar refractivity (Wildman–Crippen MR) is 79.2 cm³/mol. The molecule has 0 spiro atoms. The average Bonchev–Trinajstić information content (AvgIpc) is 3.03. The summed E-state index contributed by atoms with van der Waals surface area (Å²) in [5.74, 6) is -0.134. The average molecular weight is 304 g/mol. The van der Waals surface area contributed by atoms with Gasteiger partial charge in [0.15, 0.2) is 0 Å². The van der Waals surface area contributed by atoms with Gasteiger partial charge in [0.2, 0.25) is 0 Å². The molecule has 0 N–H and O–H groups in total. The van der Waals surface area contributed by atoms with Gasteiger partial charge in [-0.3, -0.25) is 9.59 Å². The molecule has 1 atom stereocenters. The van der Waals surface area contributed by atoms with Crippen molar-refractivity contribution in [2.75, 3.05) is 6.54 Å². The summed E-state index contributed by atoms with van der Waals surface area (Å²) < 4.78 is 1.19. The Morgan fingerprint density at radius 1 is 1.38 bits per heavy atom. The van der Waals surface area contributed by atoms with Crippen molar-refractivity contribution in [3.8, 4) is 0 Å². The van der Waals surface area contributed by atoms with Gasteiger partial charge >= 0.3 is 0 Å². The van der Waals surface area contributed by atoms with Crippen molar-refractivity contribution >= 4 is 17.2 Å². The number of aromatic nitrogens is 3. The molecule has 3 rings (SSSR count). The van der Waals surface area contributed by atoms with Gasteiger partial charge in [-0.2, -0.15) is 5.10 Å². The van der Waals surface area contributed by atoms with Crippen LogP contribution in [0.3, 0.4) is 0 Å². The highest BCUT2D eigenvalue weighted by Crippen LogP contribution is 2.32. The van der Waals surface area contributed by atoms with E-state index in [0.29, 0.717) is 12.2 Å². The Kier molecular flexibility index (Phi) is 3.83. The molecule has 0 unspecified atom stereocenters. The van der Waals surface area contributed by atoms with Gasteiger partial charge in [-0.1, -0.05) is 0 Å². The summed E-state index contributed by atoms with van der Waals surface area (Å²) >= 11 is 1.57. The number of thiazole rings is 1. The molecule has 7 heteroatoms. The summed E-state index contributed by atoms with van der Waals surface area (Å²) in [5, 5.41) is 6.95. The van der Waals surface area contributed by atoms with Crippen molar-refractivity contribution in [1.29, 1.82) is 0 Å². The van der Waals surface area contributed by atoms with Gasteiger partial charge in [0.25, 0.3) is 11.5 Å². The lowest BCUT2D eigenvalue weighted by molar-refractivity contribution is 0.0602. The van der Waals surface area contributed by atoms with Gasteiger partial charge in [-0.05, 0) is 25.3 Å². The minimum absolute atomic E-state index is 0.0188. The van der Waals surface area contributed by atoms with Crippen LogP contribution in [-0.2, 0) is 7.05 Å². The first kappa shape index (κ1) is 13.9. The number of amides is 1. The van der Waals surface area contributed by atoms with E-state index in [1.165, 1.54) is 16.8 Å². The van der Waals surface area contributed by atoms with Gasteiger partial charge in [-0.25, -0.2) is 9.67 Å². The summed E-state index contributed by atoms with van der Waals surface area (Å²) in [6.45, 7) is 0.702. The van der Waals surface area contributed by atoms with E-state index < -0.39 is 0 Å². The molecule has 6 nitrogen and oxygen atoms in total. The molecule has 1 fully saturated rings. The number of nitrogens with zero attached hydrogens (tertiary/aromatic N) is 4. The molecule has 1 aliphatic heterocycles. The summed E-state index contributed by atoms with van der Waals surface area (Å²) in [6, 6.07) is 2.89. The molecule has 2 aromatic heterocycles. The molecule has 1 aliphatic rings. The molecule has 0 saturated carbocycles. The van der Waals surface area contributed by atoms with E-state index in [-0.39, 0.29) is 17.5 Å². The quantitative estimate of drug-likeness (QED) is 0.845. The first-order chi connectivity index (χ1) is 10.2. The van der Waals surface area contributed by atoms with Gasteiger partial charge in [0.1, 0.15) is 10.7 Å². The maximum absolute atomic E-state index is 12.7. The number of hydrogen-bond acceptors (Lipinski definition) is 5. The molecule has 2 aromatic rings. The molecular weight excluding hydrogens is 288 g/mol. The number of carbonyl (C=O) groups is 1. The molecule has 0 radical (unpaired) electrons. The van der Waals surface area contributed by atoms with Crippen molar-refractivity contribution < 1.29 is 4.79 Å². The van der Waals surface area contributed by atoms with Crippen LogP contribution in [0.5, 0.6) is 0 Å². The minimum Gasteiger partial charge on any atom is -0.328 e. The maximum Gasteiger partial charge on any atom is 0.274 e. The molecule has 110 valence electrons. The third-order valence-corrected chi connectivity index (χ3v) is 4.56. The zero-order chi connectivity index (χ0) is 14.8. The predicted octanol–water partition coefficient (Wildman–Crippen LogP) is 1.60. The largest absolute Gasteiger partial charge is 0.328 e. The summed E-state index contributed by atoms with van der Waals surface area (Å²) in [7, 11) is 1.55. The minimum atomic E-state index is -0.221. The second kappa shape index (κ2) is 5.77. The van der Waals surface area contributed by atoms with Crippen LogP contribution in [0, 0.1) is 0 Å². The lowest BCUT2D eigenvalue weighted by Gasteiger charge is -2.34. The normalized spacial score (nSPS) is 18.7. The SMILES string of the molecule is Cn1nc(C(=O)N2CCCC[C@@H]2c2nccs2)ccc1=O. The van der Waals surface area contributed by atoms with Crippen molar-refractivity contribution in [2.24, 2.45) is 7.05 Å². The fourth-order valence-electron chi connectivity index (χ4n) is 2.59. The highest BCUT2D eigenvalue weighted by atomic mass is 32.1. The van der Waals surface area contributed by atoms with Crippen LogP contribution < -0.4 is 5.56 Å².